The van der Waals surface area contributed by atoms with E-state index in [1.807, 2.05) is 30.3 Å². The minimum Gasteiger partial charge on any atom is -0.345 e. The van der Waals surface area contributed by atoms with Gasteiger partial charge in [-0.25, -0.2) is 4.98 Å². The summed E-state index contributed by atoms with van der Waals surface area (Å²) >= 11 is 5.90. The van der Waals surface area contributed by atoms with Gasteiger partial charge in [0, 0.05) is 10.7 Å². The lowest BCUT2D eigenvalue weighted by atomic mass is 10.1. The number of fused-ring (bicyclic) bond motifs is 1. The zero-order valence-electron chi connectivity index (χ0n) is 10.6. The first-order chi connectivity index (χ1) is 9.70. The van der Waals surface area contributed by atoms with Gasteiger partial charge in [0.25, 0.3) is 0 Å². The van der Waals surface area contributed by atoms with Gasteiger partial charge in [0.05, 0.1) is 23.8 Å². The van der Waals surface area contributed by atoms with E-state index in [9.17, 15) is 4.79 Å². The van der Waals surface area contributed by atoms with Crippen LogP contribution in [0.4, 0.5) is 5.69 Å². The molecule has 5 heteroatoms. The fourth-order valence-corrected chi connectivity index (χ4v) is 2.26. The molecule has 0 unspecified atom stereocenters. The molecule has 0 saturated heterocycles. The molecule has 2 N–H and O–H groups in total. The monoisotopic (exact) mass is 285 g/mol. The first kappa shape index (κ1) is 12.7. The Morgan fingerprint density at radius 1 is 1.25 bits per heavy atom. The fourth-order valence-electron chi connectivity index (χ4n) is 2.05. The van der Waals surface area contributed by atoms with Crippen molar-refractivity contribution >= 4 is 34.2 Å². The van der Waals surface area contributed by atoms with E-state index in [4.69, 9.17) is 11.6 Å². The first-order valence-electron chi connectivity index (χ1n) is 6.18. The number of amides is 1. The van der Waals surface area contributed by atoms with E-state index in [1.54, 1.807) is 18.5 Å². The molecule has 0 aliphatic carbocycles. The molecule has 20 heavy (non-hydrogen) atoms. The molecule has 0 aliphatic heterocycles. The Hall–Kier alpha value is -2.33. The van der Waals surface area contributed by atoms with Crippen LogP contribution in [0.25, 0.3) is 11.0 Å². The van der Waals surface area contributed by atoms with Gasteiger partial charge in [-0.15, -0.1) is 0 Å². The number of hydrogen-bond donors (Lipinski definition) is 2. The number of rotatable bonds is 3. The molecular formula is C15H12ClN3O. The number of halogens is 1. The maximum Gasteiger partial charge on any atom is 0.228 e. The zero-order valence-corrected chi connectivity index (χ0v) is 11.3. The molecule has 1 aromatic heterocycles. The number of aromatic nitrogens is 2. The van der Waals surface area contributed by atoms with E-state index in [-0.39, 0.29) is 5.91 Å². The quantitative estimate of drug-likeness (QED) is 0.775. The number of H-pyrrole nitrogens is 1. The van der Waals surface area contributed by atoms with Crippen LogP contribution in [0.15, 0.2) is 48.8 Å². The molecule has 3 aromatic rings. The van der Waals surface area contributed by atoms with Crippen LogP contribution in [0.3, 0.4) is 0 Å². The van der Waals surface area contributed by atoms with Crippen molar-refractivity contribution in [3.63, 3.8) is 0 Å². The van der Waals surface area contributed by atoms with E-state index in [2.05, 4.69) is 15.3 Å². The van der Waals surface area contributed by atoms with E-state index < -0.39 is 0 Å². The summed E-state index contributed by atoms with van der Waals surface area (Å²) < 4.78 is 0. The van der Waals surface area contributed by atoms with Gasteiger partial charge in [-0.1, -0.05) is 23.7 Å². The van der Waals surface area contributed by atoms with Gasteiger partial charge < -0.3 is 10.3 Å². The molecule has 0 radical (unpaired) electrons. The molecule has 3 rings (SSSR count). The second-order valence-corrected chi connectivity index (χ2v) is 4.93. The van der Waals surface area contributed by atoms with Crippen molar-refractivity contribution in [2.45, 2.75) is 6.42 Å². The minimum atomic E-state index is -0.0777. The van der Waals surface area contributed by atoms with Crippen LogP contribution < -0.4 is 5.32 Å². The summed E-state index contributed by atoms with van der Waals surface area (Å²) in [6.07, 6.45) is 1.92. The van der Waals surface area contributed by atoms with Gasteiger partial charge in [-0.3, -0.25) is 4.79 Å². The molecule has 0 atom stereocenters. The lowest BCUT2D eigenvalue weighted by Crippen LogP contribution is -2.14. The van der Waals surface area contributed by atoms with Gasteiger partial charge in [0.1, 0.15) is 0 Å². The molecule has 0 bridgehead atoms. The van der Waals surface area contributed by atoms with Crippen LogP contribution >= 0.6 is 11.6 Å². The number of aromatic amines is 1. The summed E-state index contributed by atoms with van der Waals surface area (Å²) in [5, 5.41) is 3.50. The van der Waals surface area contributed by atoms with Gasteiger partial charge in [0.15, 0.2) is 0 Å². The van der Waals surface area contributed by atoms with Crippen LogP contribution in [0.5, 0.6) is 0 Å². The Morgan fingerprint density at radius 3 is 3.00 bits per heavy atom. The summed E-state index contributed by atoms with van der Waals surface area (Å²) in [6, 6.07) is 12.8. The van der Waals surface area contributed by atoms with Crippen molar-refractivity contribution in [2.75, 3.05) is 5.32 Å². The molecule has 100 valence electrons. The van der Waals surface area contributed by atoms with Crippen molar-refractivity contribution < 1.29 is 4.79 Å². The normalized spacial score (nSPS) is 10.7. The number of anilines is 1. The highest BCUT2D eigenvalue weighted by Crippen LogP contribution is 2.16. The third kappa shape index (κ3) is 2.81. The Balaban J connectivity index is 1.72. The highest BCUT2D eigenvalue weighted by atomic mass is 35.5. The molecule has 0 saturated carbocycles. The average molecular weight is 286 g/mol. The van der Waals surface area contributed by atoms with E-state index >= 15 is 0 Å². The van der Waals surface area contributed by atoms with E-state index in [1.165, 1.54) is 0 Å². The summed E-state index contributed by atoms with van der Waals surface area (Å²) in [5.74, 6) is -0.0777. The number of hydrogen-bond acceptors (Lipinski definition) is 2. The molecule has 0 spiro atoms. The molecular weight excluding hydrogens is 274 g/mol. The van der Waals surface area contributed by atoms with E-state index in [0.717, 1.165) is 22.3 Å². The molecule has 4 nitrogen and oxygen atoms in total. The van der Waals surface area contributed by atoms with Crippen LogP contribution in [-0.2, 0) is 11.2 Å². The Labute approximate surface area is 120 Å². The third-order valence-corrected chi connectivity index (χ3v) is 3.19. The van der Waals surface area contributed by atoms with Crippen LogP contribution in [0.1, 0.15) is 5.56 Å². The highest BCUT2D eigenvalue weighted by molar-refractivity contribution is 6.30. The predicted octanol–water partition coefficient (Wildman–Crippen LogP) is 3.40. The standard InChI is InChI=1S/C15H12ClN3O/c16-11-3-1-2-10(6-11)7-15(20)19-12-4-5-13-14(8-12)18-9-17-13/h1-6,8-9H,7H2,(H,17,18)(H,19,20). The smallest absolute Gasteiger partial charge is 0.228 e. The fraction of sp³-hybridized carbons (Fsp3) is 0.0667. The maximum atomic E-state index is 12.0. The average Bonchev–Trinajstić information content (AvgIpc) is 2.86. The topological polar surface area (TPSA) is 57.8 Å². The third-order valence-electron chi connectivity index (χ3n) is 2.96. The summed E-state index contributed by atoms with van der Waals surface area (Å²) in [4.78, 5) is 19.1. The first-order valence-corrected chi connectivity index (χ1v) is 6.56. The molecule has 1 amide bonds. The van der Waals surface area contributed by atoms with Crippen LogP contribution in [0, 0.1) is 0 Å². The number of nitrogens with zero attached hydrogens (tertiary/aromatic N) is 1. The number of benzene rings is 2. The second-order valence-electron chi connectivity index (χ2n) is 4.49. The Morgan fingerprint density at radius 2 is 2.15 bits per heavy atom. The number of imidazole rings is 1. The number of carbonyl (C=O) groups excluding carboxylic acids is 1. The second kappa shape index (κ2) is 5.35. The van der Waals surface area contributed by atoms with Crippen LogP contribution in [-0.4, -0.2) is 15.9 Å². The maximum absolute atomic E-state index is 12.0. The number of carbonyl (C=O) groups is 1. The van der Waals surface area contributed by atoms with Crippen molar-refractivity contribution in [3.05, 3.63) is 59.4 Å². The van der Waals surface area contributed by atoms with Crippen molar-refractivity contribution in [2.24, 2.45) is 0 Å². The van der Waals surface area contributed by atoms with Crippen molar-refractivity contribution in [1.29, 1.82) is 0 Å². The summed E-state index contributed by atoms with van der Waals surface area (Å²) in [7, 11) is 0. The van der Waals surface area contributed by atoms with E-state index in [0.29, 0.717) is 11.4 Å². The van der Waals surface area contributed by atoms with Gasteiger partial charge in [-0.2, -0.15) is 0 Å². The summed E-state index contributed by atoms with van der Waals surface area (Å²) in [6.45, 7) is 0. The number of nitrogens with one attached hydrogen (secondary N) is 2. The molecule has 0 aliphatic rings. The SMILES string of the molecule is O=C(Cc1cccc(Cl)c1)Nc1ccc2nc[nH]c2c1. The summed E-state index contributed by atoms with van der Waals surface area (Å²) in [5.41, 5.74) is 3.40. The van der Waals surface area contributed by atoms with Gasteiger partial charge in [0.2, 0.25) is 5.91 Å². The molecule has 1 heterocycles. The van der Waals surface area contributed by atoms with Crippen molar-refractivity contribution in [1.82, 2.24) is 9.97 Å². The predicted molar refractivity (Wildman–Crippen MR) is 79.9 cm³/mol. The minimum absolute atomic E-state index is 0.0777. The van der Waals surface area contributed by atoms with Crippen molar-refractivity contribution in [3.8, 4) is 0 Å². The molecule has 0 fully saturated rings. The van der Waals surface area contributed by atoms with Crippen LogP contribution in [0.2, 0.25) is 5.02 Å². The largest absolute Gasteiger partial charge is 0.345 e. The lowest BCUT2D eigenvalue weighted by molar-refractivity contribution is -0.115. The van der Waals surface area contributed by atoms with Gasteiger partial charge in [-0.05, 0) is 35.9 Å². The lowest BCUT2D eigenvalue weighted by Gasteiger charge is -2.05. The Kier molecular flexibility index (Phi) is 3.39. The zero-order chi connectivity index (χ0) is 13.9. The van der Waals surface area contributed by atoms with Gasteiger partial charge >= 0.3 is 0 Å². The highest BCUT2D eigenvalue weighted by Gasteiger charge is 2.05. The Bertz CT molecular complexity index is 766. The molecule has 2 aromatic carbocycles.